The molecule has 6 heteroatoms. The first kappa shape index (κ1) is 15.4. The molecule has 1 amide bonds. The first-order chi connectivity index (χ1) is 11.6. The fraction of sp³-hybridized carbons (Fsp3) is 0.444. The Bertz CT molecular complexity index is 769. The Labute approximate surface area is 145 Å². The molecule has 0 spiro atoms. The largest absolute Gasteiger partial charge is 0.454 e. The van der Waals surface area contributed by atoms with Gasteiger partial charge in [0.05, 0.1) is 12.1 Å². The van der Waals surface area contributed by atoms with E-state index in [4.69, 9.17) is 9.47 Å². The Morgan fingerprint density at radius 1 is 1.38 bits per heavy atom. The number of likely N-dealkylation sites (N-methyl/N-ethyl adjacent to an activating group) is 1. The molecule has 2 heterocycles. The lowest BCUT2D eigenvalue weighted by Gasteiger charge is -2.24. The SMILES string of the molecule is C[C@H](C1CC1)N(C)C(=O)Cc1csc(-c2ccc3c(c2)OCO3)n1. The van der Waals surface area contributed by atoms with Crippen molar-refractivity contribution in [1.82, 2.24) is 9.88 Å². The minimum Gasteiger partial charge on any atom is -0.454 e. The molecule has 0 radical (unpaired) electrons. The quantitative estimate of drug-likeness (QED) is 0.835. The van der Waals surface area contributed by atoms with Crippen LogP contribution in [-0.2, 0) is 11.2 Å². The fourth-order valence-corrected chi connectivity index (χ4v) is 3.77. The monoisotopic (exact) mass is 344 g/mol. The van der Waals surface area contributed by atoms with Crippen molar-refractivity contribution < 1.29 is 14.3 Å². The zero-order valence-electron chi connectivity index (χ0n) is 13.8. The Morgan fingerprint density at radius 3 is 2.96 bits per heavy atom. The summed E-state index contributed by atoms with van der Waals surface area (Å²) in [6.07, 6.45) is 2.84. The predicted octanol–water partition coefficient (Wildman–Crippen LogP) is 3.34. The summed E-state index contributed by atoms with van der Waals surface area (Å²) < 4.78 is 10.7. The molecular weight excluding hydrogens is 324 g/mol. The summed E-state index contributed by atoms with van der Waals surface area (Å²) in [7, 11) is 1.90. The molecule has 2 aromatic rings. The third kappa shape index (κ3) is 2.98. The van der Waals surface area contributed by atoms with Crippen molar-refractivity contribution in [3.05, 3.63) is 29.3 Å². The molecular formula is C18H20N2O3S. The fourth-order valence-electron chi connectivity index (χ4n) is 2.95. The van der Waals surface area contributed by atoms with E-state index in [0.29, 0.717) is 18.4 Å². The number of nitrogens with zero attached hydrogens (tertiary/aromatic N) is 2. The molecule has 24 heavy (non-hydrogen) atoms. The number of ether oxygens (including phenoxy) is 2. The molecule has 0 unspecified atom stereocenters. The highest BCUT2D eigenvalue weighted by molar-refractivity contribution is 7.13. The van der Waals surface area contributed by atoms with Crippen LogP contribution in [0.4, 0.5) is 0 Å². The van der Waals surface area contributed by atoms with E-state index in [2.05, 4.69) is 11.9 Å². The van der Waals surface area contributed by atoms with Gasteiger partial charge in [-0.25, -0.2) is 4.98 Å². The van der Waals surface area contributed by atoms with Crippen LogP contribution in [-0.4, -0.2) is 35.7 Å². The third-order valence-electron chi connectivity index (χ3n) is 4.81. The second-order valence-electron chi connectivity index (χ2n) is 6.47. The predicted molar refractivity (Wildman–Crippen MR) is 92.3 cm³/mol. The first-order valence-electron chi connectivity index (χ1n) is 8.22. The van der Waals surface area contributed by atoms with Gasteiger partial charge in [-0.05, 0) is 43.9 Å². The highest BCUT2D eigenvalue weighted by Gasteiger charge is 2.32. The number of hydrogen-bond acceptors (Lipinski definition) is 5. The Balaban J connectivity index is 1.45. The summed E-state index contributed by atoms with van der Waals surface area (Å²) in [5.41, 5.74) is 1.81. The van der Waals surface area contributed by atoms with Gasteiger partial charge in [0.1, 0.15) is 5.01 Å². The van der Waals surface area contributed by atoms with Gasteiger partial charge in [0.2, 0.25) is 12.7 Å². The maximum atomic E-state index is 12.4. The van der Waals surface area contributed by atoms with Crippen molar-refractivity contribution in [3.63, 3.8) is 0 Å². The average molecular weight is 344 g/mol. The van der Waals surface area contributed by atoms with E-state index in [0.717, 1.165) is 27.8 Å². The molecule has 5 nitrogen and oxygen atoms in total. The molecule has 0 bridgehead atoms. The van der Waals surface area contributed by atoms with Crippen molar-refractivity contribution in [3.8, 4) is 22.1 Å². The van der Waals surface area contributed by atoms with Gasteiger partial charge in [-0.2, -0.15) is 0 Å². The van der Waals surface area contributed by atoms with Crippen LogP contribution in [0.1, 0.15) is 25.5 Å². The van der Waals surface area contributed by atoms with Crippen molar-refractivity contribution >= 4 is 17.2 Å². The van der Waals surface area contributed by atoms with E-state index < -0.39 is 0 Å². The Kier molecular flexibility index (Phi) is 3.92. The third-order valence-corrected chi connectivity index (χ3v) is 5.75. The first-order valence-corrected chi connectivity index (χ1v) is 9.10. The Morgan fingerprint density at radius 2 is 2.17 bits per heavy atom. The van der Waals surface area contributed by atoms with E-state index in [9.17, 15) is 4.79 Å². The lowest BCUT2D eigenvalue weighted by Crippen LogP contribution is -2.37. The van der Waals surface area contributed by atoms with Crippen molar-refractivity contribution in [2.45, 2.75) is 32.2 Å². The zero-order chi connectivity index (χ0) is 16.7. The van der Waals surface area contributed by atoms with Gasteiger partial charge in [-0.3, -0.25) is 4.79 Å². The molecule has 2 aliphatic rings. The number of thiazole rings is 1. The zero-order valence-corrected chi connectivity index (χ0v) is 14.6. The van der Waals surface area contributed by atoms with Crippen molar-refractivity contribution in [2.75, 3.05) is 13.8 Å². The van der Waals surface area contributed by atoms with Gasteiger partial charge in [-0.1, -0.05) is 0 Å². The summed E-state index contributed by atoms with van der Waals surface area (Å²) in [4.78, 5) is 18.9. The van der Waals surface area contributed by atoms with Crippen LogP contribution in [0.2, 0.25) is 0 Å². The van der Waals surface area contributed by atoms with E-state index in [-0.39, 0.29) is 12.7 Å². The van der Waals surface area contributed by atoms with Gasteiger partial charge in [-0.15, -0.1) is 11.3 Å². The second kappa shape index (κ2) is 6.09. The lowest BCUT2D eigenvalue weighted by atomic mass is 10.1. The summed E-state index contributed by atoms with van der Waals surface area (Å²) in [5.74, 6) is 2.33. The van der Waals surface area contributed by atoms with Crippen LogP contribution in [0, 0.1) is 5.92 Å². The summed E-state index contributed by atoms with van der Waals surface area (Å²) >= 11 is 1.55. The minimum atomic E-state index is 0.136. The minimum absolute atomic E-state index is 0.136. The summed E-state index contributed by atoms with van der Waals surface area (Å²) in [6.45, 7) is 2.40. The number of hydrogen-bond donors (Lipinski definition) is 0. The molecule has 1 fully saturated rings. The number of benzene rings is 1. The van der Waals surface area contributed by atoms with Crippen LogP contribution >= 0.6 is 11.3 Å². The van der Waals surface area contributed by atoms with Crippen LogP contribution < -0.4 is 9.47 Å². The molecule has 1 saturated carbocycles. The second-order valence-corrected chi connectivity index (χ2v) is 7.33. The van der Waals surface area contributed by atoms with Crippen LogP contribution in [0.3, 0.4) is 0 Å². The summed E-state index contributed by atoms with van der Waals surface area (Å²) in [6, 6.07) is 6.13. The van der Waals surface area contributed by atoms with E-state index in [1.807, 2.05) is 35.5 Å². The highest BCUT2D eigenvalue weighted by atomic mass is 32.1. The number of rotatable bonds is 5. The molecule has 0 N–H and O–H groups in total. The van der Waals surface area contributed by atoms with Crippen molar-refractivity contribution in [2.24, 2.45) is 5.92 Å². The van der Waals surface area contributed by atoms with Gasteiger partial charge < -0.3 is 14.4 Å². The van der Waals surface area contributed by atoms with Gasteiger partial charge in [0.15, 0.2) is 11.5 Å². The topological polar surface area (TPSA) is 51.7 Å². The lowest BCUT2D eigenvalue weighted by molar-refractivity contribution is -0.131. The smallest absolute Gasteiger partial charge is 0.231 e. The molecule has 126 valence electrons. The maximum absolute atomic E-state index is 12.4. The van der Waals surface area contributed by atoms with Crippen LogP contribution in [0.5, 0.6) is 11.5 Å². The number of carbonyl (C=O) groups excluding carboxylic acids is 1. The average Bonchev–Trinajstić information content (AvgIpc) is 3.15. The van der Waals surface area contributed by atoms with E-state index >= 15 is 0 Å². The van der Waals surface area contributed by atoms with Gasteiger partial charge in [0.25, 0.3) is 0 Å². The molecule has 1 atom stereocenters. The molecule has 4 rings (SSSR count). The van der Waals surface area contributed by atoms with E-state index in [1.165, 1.54) is 12.8 Å². The molecule has 1 aromatic heterocycles. The molecule has 0 saturated heterocycles. The normalized spacial score (nSPS) is 16.9. The number of aromatic nitrogens is 1. The maximum Gasteiger partial charge on any atom is 0.231 e. The molecule has 1 aromatic carbocycles. The number of amides is 1. The standard InChI is InChI=1S/C18H20N2O3S/c1-11(12-3-4-12)20(2)17(21)8-14-9-24-18(19-14)13-5-6-15-16(7-13)23-10-22-15/h5-7,9,11-12H,3-4,8,10H2,1-2H3/t11-/m1/s1. The van der Waals surface area contributed by atoms with Crippen LogP contribution in [0.25, 0.3) is 10.6 Å². The number of carbonyl (C=O) groups is 1. The Hall–Kier alpha value is -2.08. The molecule has 1 aliphatic carbocycles. The molecule has 1 aliphatic heterocycles. The van der Waals surface area contributed by atoms with Crippen LogP contribution in [0.15, 0.2) is 23.6 Å². The summed E-state index contributed by atoms with van der Waals surface area (Å²) in [5, 5.41) is 2.86. The number of fused-ring (bicyclic) bond motifs is 1. The van der Waals surface area contributed by atoms with Gasteiger partial charge >= 0.3 is 0 Å². The highest BCUT2D eigenvalue weighted by Crippen LogP contribution is 2.37. The van der Waals surface area contributed by atoms with E-state index in [1.54, 1.807) is 11.3 Å². The van der Waals surface area contributed by atoms with Crippen molar-refractivity contribution in [1.29, 1.82) is 0 Å². The van der Waals surface area contributed by atoms with Gasteiger partial charge in [0, 0.05) is 24.0 Å².